The van der Waals surface area contributed by atoms with Crippen LogP contribution in [0.4, 0.5) is 8.78 Å². The van der Waals surface area contributed by atoms with Crippen LogP contribution in [0.25, 0.3) is 0 Å². The van der Waals surface area contributed by atoms with Gasteiger partial charge in [0.2, 0.25) is 6.43 Å². The van der Waals surface area contributed by atoms with Crippen molar-refractivity contribution < 1.29 is 23.1 Å². The molecule has 1 unspecified atom stereocenters. The molecular formula is C7H10F2O3. The van der Waals surface area contributed by atoms with Crippen molar-refractivity contribution in [3.8, 4) is 0 Å². The largest absolute Gasteiger partial charge is 0.466 e. The van der Waals surface area contributed by atoms with Crippen LogP contribution in [-0.2, 0) is 14.3 Å². The molecule has 5 heteroatoms. The van der Waals surface area contributed by atoms with Gasteiger partial charge in [0.25, 0.3) is 0 Å². The van der Waals surface area contributed by atoms with E-state index < -0.39 is 24.7 Å². The van der Waals surface area contributed by atoms with E-state index in [9.17, 15) is 18.4 Å². The Kier molecular flexibility index (Phi) is 5.16. The molecule has 0 aromatic rings. The number of halogens is 2. The van der Waals surface area contributed by atoms with E-state index in [0.29, 0.717) is 0 Å². The van der Waals surface area contributed by atoms with Gasteiger partial charge in [0.1, 0.15) is 6.29 Å². The zero-order chi connectivity index (χ0) is 9.56. The zero-order valence-corrected chi connectivity index (χ0v) is 6.63. The Morgan fingerprint density at radius 2 is 2.17 bits per heavy atom. The summed E-state index contributed by atoms with van der Waals surface area (Å²) in [5, 5.41) is 0. The van der Waals surface area contributed by atoms with Gasteiger partial charge in [-0.25, -0.2) is 8.78 Å². The summed E-state index contributed by atoms with van der Waals surface area (Å²) in [4.78, 5) is 20.6. The van der Waals surface area contributed by atoms with E-state index in [-0.39, 0.29) is 12.9 Å². The van der Waals surface area contributed by atoms with Gasteiger partial charge in [-0.15, -0.1) is 0 Å². The summed E-state index contributed by atoms with van der Waals surface area (Å²) in [7, 11) is 0. The lowest BCUT2D eigenvalue weighted by Gasteiger charge is -2.07. The highest BCUT2D eigenvalue weighted by Gasteiger charge is 2.23. The Hall–Kier alpha value is -1.00. The minimum Gasteiger partial charge on any atom is -0.466 e. The van der Waals surface area contributed by atoms with E-state index in [1.807, 2.05) is 0 Å². The van der Waals surface area contributed by atoms with Crippen molar-refractivity contribution in [2.75, 3.05) is 6.61 Å². The summed E-state index contributed by atoms with van der Waals surface area (Å²) in [6, 6.07) is 0. The van der Waals surface area contributed by atoms with Gasteiger partial charge >= 0.3 is 5.97 Å². The van der Waals surface area contributed by atoms with Gasteiger partial charge in [-0.2, -0.15) is 0 Å². The molecule has 70 valence electrons. The van der Waals surface area contributed by atoms with E-state index in [2.05, 4.69) is 4.74 Å². The van der Waals surface area contributed by atoms with Crippen molar-refractivity contribution in [2.45, 2.75) is 19.8 Å². The number of alkyl halides is 2. The van der Waals surface area contributed by atoms with Crippen LogP contribution in [0.5, 0.6) is 0 Å². The van der Waals surface area contributed by atoms with Crippen molar-refractivity contribution in [1.82, 2.24) is 0 Å². The number of aldehydes is 1. The smallest absolute Gasteiger partial charge is 0.306 e. The Bertz CT molecular complexity index is 159. The van der Waals surface area contributed by atoms with Crippen molar-refractivity contribution in [2.24, 2.45) is 5.92 Å². The molecule has 0 spiro atoms. The molecule has 0 saturated heterocycles. The fourth-order valence-electron chi connectivity index (χ4n) is 0.609. The van der Waals surface area contributed by atoms with Crippen LogP contribution in [0, 0.1) is 5.92 Å². The molecule has 12 heavy (non-hydrogen) atoms. The number of rotatable bonds is 5. The van der Waals surface area contributed by atoms with E-state index in [4.69, 9.17) is 0 Å². The molecule has 0 aliphatic heterocycles. The predicted molar refractivity (Wildman–Crippen MR) is 36.8 cm³/mol. The third-order valence-electron chi connectivity index (χ3n) is 1.21. The minimum atomic E-state index is -2.80. The summed E-state index contributed by atoms with van der Waals surface area (Å²) in [6.45, 7) is 1.70. The summed E-state index contributed by atoms with van der Waals surface area (Å²) < 4.78 is 28.1. The highest BCUT2D eigenvalue weighted by Crippen LogP contribution is 2.11. The van der Waals surface area contributed by atoms with Crippen LogP contribution >= 0.6 is 0 Å². The number of hydrogen-bond donors (Lipinski definition) is 0. The molecule has 1 atom stereocenters. The highest BCUT2D eigenvalue weighted by atomic mass is 19.3. The fourth-order valence-corrected chi connectivity index (χ4v) is 0.609. The number of carbonyl (C=O) groups excluding carboxylic acids is 2. The Labute approximate surface area is 68.7 Å². The topological polar surface area (TPSA) is 43.4 Å². The molecule has 0 aliphatic carbocycles. The molecule has 0 heterocycles. The molecule has 0 saturated carbocycles. The van der Waals surface area contributed by atoms with E-state index in [1.165, 1.54) is 0 Å². The van der Waals surface area contributed by atoms with Gasteiger partial charge in [0.15, 0.2) is 0 Å². The lowest BCUT2D eigenvalue weighted by Crippen LogP contribution is -2.19. The second kappa shape index (κ2) is 5.62. The number of hydrogen-bond acceptors (Lipinski definition) is 3. The predicted octanol–water partition coefficient (Wildman–Crippen LogP) is 1.02. The van der Waals surface area contributed by atoms with Crippen molar-refractivity contribution in [3.05, 3.63) is 0 Å². The van der Waals surface area contributed by atoms with Gasteiger partial charge in [-0.3, -0.25) is 4.79 Å². The second-order valence-electron chi connectivity index (χ2n) is 2.14. The molecule has 0 aromatic carbocycles. The van der Waals surface area contributed by atoms with E-state index in [1.54, 1.807) is 6.92 Å². The van der Waals surface area contributed by atoms with Crippen LogP contribution in [0.2, 0.25) is 0 Å². The Morgan fingerprint density at radius 3 is 2.50 bits per heavy atom. The maximum absolute atomic E-state index is 11.9. The summed E-state index contributed by atoms with van der Waals surface area (Å²) in [6.07, 6.45) is -3.27. The van der Waals surface area contributed by atoms with Gasteiger partial charge in [-0.1, -0.05) is 0 Å². The molecule has 0 radical (unpaired) electrons. The number of carbonyl (C=O) groups is 2. The van der Waals surface area contributed by atoms with Gasteiger partial charge in [0.05, 0.1) is 18.9 Å². The second-order valence-corrected chi connectivity index (χ2v) is 2.14. The molecule has 0 aromatic heterocycles. The third-order valence-corrected chi connectivity index (χ3v) is 1.21. The Balaban J connectivity index is 3.85. The molecule has 0 rings (SSSR count). The molecule has 0 bridgehead atoms. The van der Waals surface area contributed by atoms with E-state index >= 15 is 0 Å². The number of ether oxygens (including phenoxy) is 1. The monoisotopic (exact) mass is 180 g/mol. The fraction of sp³-hybridized carbons (Fsp3) is 0.714. The molecule has 3 nitrogen and oxygen atoms in total. The first-order chi connectivity index (χ1) is 5.61. The van der Waals surface area contributed by atoms with Gasteiger partial charge in [-0.05, 0) is 6.92 Å². The zero-order valence-electron chi connectivity index (χ0n) is 6.63. The molecular weight excluding hydrogens is 170 g/mol. The average molecular weight is 180 g/mol. The standard InChI is InChI=1S/C7H10F2O3/c1-2-12-6(11)3-5(4-10)7(8)9/h4-5,7H,2-3H2,1H3. The van der Waals surface area contributed by atoms with Crippen LogP contribution < -0.4 is 0 Å². The SMILES string of the molecule is CCOC(=O)CC(C=O)C(F)F. The van der Waals surface area contributed by atoms with Gasteiger partial charge < -0.3 is 9.53 Å². The van der Waals surface area contributed by atoms with Crippen molar-refractivity contribution in [1.29, 1.82) is 0 Å². The molecule has 0 aliphatic rings. The van der Waals surface area contributed by atoms with Crippen molar-refractivity contribution >= 4 is 12.3 Å². The lowest BCUT2D eigenvalue weighted by molar-refractivity contribution is -0.147. The summed E-state index contributed by atoms with van der Waals surface area (Å²) in [5.41, 5.74) is 0. The summed E-state index contributed by atoms with van der Waals surface area (Å²) in [5.74, 6) is -2.31. The van der Waals surface area contributed by atoms with Gasteiger partial charge in [0, 0.05) is 0 Å². The maximum Gasteiger partial charge on any atom is 0.306 e. The first kappa shape index (κ1) is 11.0. The number of esters is 1. The van der Waals surface area contributed by atoms with Crippen molar-refractivity contribution in [3.63, 3.8) is 0 Å². The first-order valence-electron chi connectivity index (χ1n) is 3.50. The highest BCUT2D eigenvalue weighted by molar-refractivity contribution is 5.73. The summed E-state index contributed by atoms with van der Waals surface area (Å²) >= 11 is 0. The van der Waals surface area contributed by atoms with E-state index in [0.717, 1.165) is 0 Å². The third kappa shape index (κ3) is 4.00. The maximum atomic E-state index is 11.9. The normalized spacial score (nSPS) is 12.7. The Morgan fingerprint density at radius 1 is 1.58 bits per heavy atom. The quantitative estimate of drug-likeness (QED) is 0.468. The van der Waals surface area contributed by atoms with Crippen LogP contribution in [0.15, 0.2) is 0 Å². The molecule has 0 amide bonds. The lowest BCUT2D eigenvalue weighted by atomic mass is 10.1. The first-order valence-corrected chi connectivity index (χ1v) is 3.50. The molecule has 0 fully saturated rings. The minimum absolute atomic E-state index is 0.0710. The van der Waals surface area contributed by atoms with Crippen LogP contribution in [0.3, 0.4) is 0 Å². The molecule has 0 N–H and O–H groups in total. The van der Waals surface area contributed by atoms with Crippen LogP contribution in [0.1, 0.15) is 13.3 Å². The van der Waals surface area contributed by atoms with Crippen LogP contribution in [-0.4, -0.2) is 25.3 Å². The average Bonchev–Trinajstić information content (AvgIpc) is 2.00.